The average molecular weight is 542 g/mol. The van der Waals surface area contributed by atoms with Crippen molar-refractivity contribution < 1.29 is 52.8 Å². The van der Waals surface area contributed by atoms with Gasteiger partial charge in [0.2, 0.25) is 0 Å². The molecule has 4 N–H and O–H groups in total. The molecular formula is C22H27N3O11S. The first-order valence-electron chi connectivity index (χ1n) is 10.8. The molecule has 0 radical (unpaired) electrons. The summed E-state index contributed by atoms with van der Waals surface area (Å²) in [5.41, 5.74) is 4.64. The van der Waals surface area contributed by atoms with Crippen LogP contribution in [0.1, 0.15) is 38.1 Å². The van der Waals surface area contributed by atoms with Gasteiger partial charge in [-0.1, -0.05) is 12.1 Å². The molecule has 0 spiro atoms. The number of phenols is 1. The van der Waals surface area contributed by atoms with Gasteiger partial charge in [0.05, 0.1) is 5.56 Å². The van der Waals surface area contributed by atoms with Crippen molar-refractivity contribution in [3.8, 4) is 5.75 Å². The second-order valence-electron chi connectivity index (χ2n) is 7.69. The van der Waals surface area contributed by atoms with E-state index in [1.807, 2.05) is 0 Å². The molecule has 1 aliphatic rings. The maximum atomic E-state index is 12.3. The van der Waals surface area contributed by atoms with E-state index in [-0.39, 0.29) is 16.4 Å². The molecule has 1 aliphatic heterocycles. The number of amides is 1. The van der Waals surface area contributed by atoms with Crippen molar-refractivity contribution in [3.05, 3.63) is 29.8 Å². The number of rotatable bonds is 7. The van der Waals surface area contributed by atoms with Gasteiger partial charge in [0.15, 0.2) is 29.7 Å². The summed E-state index contributed by atoms with van der Waals surface area (Å²) in [4.78, 5) is 59.2. The molecule has 0 bridgehead atoms. The van der Waals surface area contributed by atoms with E-state index in [1.54, 1.807) is 6.07 Å². The molecule has 5 atom stereocenters. The summed E-state index contributed by atoms with van der Waals surface area (Å²) >= 11 is 5.17. The Morgan fingerprint density at radius 1 is 0.865 bits per heavy atom. The quantitative estimate of drug-likeness (QED) is 0.151. The molecule has 2 rings (SSSR count). The lowest BCUT2D eigenvalue weighted by atomic mass is 9.97. The molecule has 1 fully saturated rings. The van der Waals surface area contributed by atoms with Crippen LogP contribution in [0.2, 0.25) is 0 Å². The fourth-order valence-corrected chi connectivity index (χ4v) is 3.52. The van der Waals surface area contributed by atoms with Crippen molar-refractivity contribution >= 4 is 47.1 Å². The number of hydrogen-bond donors (Lipinski definition) is 4. The highest BCUT2D eigenvalue weighted by molar-refractivity contribution is 7.80. The van der Waals surface area contributed by atoms with Crippen LogP contribution >= 0.6 is 12.2 Å². The van der Waals surface area contributed by atoms with Crippen molar-refractivity contribution in [1.29, 1.82) is 0 Å². The Balaban J connectivity index is 2.27. The maximum Gasteiger partial charge on any atom is 0.303 e. The van der Waals surface area contributed by atoms with Crippen LogP contribution in [0.15, 0.2) is 24.3 Å². The highest BCUT2D eigenvalue weighted by Crippen LogP contribution is 2.28. The number of hydrogen-bond acceptors (Lipinski definition) is 12. The lowest BCUT2D eigenvalue weighted by Crippen LogP contribution is -2.67. The fraction of sp³-hybridized carbons (Fsp3) is 0.455. The van der Waals surface area contributed by atoms with E-state index in [4.69, 9.17) is 35.9 Å². The van der Waals surface area contributed by atoms with Crippen LogP contribution in [0.5, 0.6) is 5.75 Å². The van der Waals surface area contributed by atoms with Crippen LogP contribution in [0.4, 0.5) is 0 Å². The third-order valence-electron chi connectivity index (χ3n) is 4.70. The van der Waals surface area contributed by atoms with E-state index in [0.717, 1.165) is 27.7 Å². The van der Waals surface area contributed by atoms with E-state index >= 15 is 0 Å². The Morgan fingerprint density at radius 3 is 2.00 bits per heavy atom. The number of carbonyl (C=O) groups excluding carboxylic acids is 5. The van der Waals surface area contributed by atoms with E-state index < -0.39 is 67.0 Å². The van der Waals surface area contributed by atoms with Crippen LogP contribution in [-0.2, 0) is 42.9 Å². The van der Waals surface area contributed by atoms with Crippen molar-refractivity contribution in [2.75, 3.05) is 6.61 Å². The van der Waals surface area contributed by atoms with Crippen LogP contribution < -0.4 is 16.2 Å². The highest BCUT2D eigenvalue weighted by Gasteiger charge is 2.52. The summed E-state index contributed by atoms with van der Waals surface area (Å²) in [5.74, 6) is -3.99. The molecule has 1 saturated heterocycles. The first-order chi connectivity index (χ1) is 17.4. The van der Waals surface area contributed by atoms with Crippen LogP contribution in [0.25, 0.3) is 0 Å². The van der Waals surface area contributed by atoms with E-state index in [9.17, 15) is 29.1 Å². The molecule has 15 heteroatoms. The van der Waals surface area contributed by atoms with Gasteiger partial charge >= 0.3 is 23.9 Å². The van der Waals surface area contributed by atoms with Gasteiger partial charge in [-0.25, -0.2) is 0 Å². The molecule has 1 amide bonds. The second-order valence-corrected chi connectivity index (χ2v) is 8.10. The maximum absolute atomic E-state index is 12.3. The lowest BCUT2D eigenvalue weighted by molar-refractivity contribution is -0.254. The lowest BCUT2D eigenvalue weighted by Gasteiger charge is -2.44. The van der Waals surface area contributed by atoms with Crippen molar-refractivity contribution in [3.63, 3.8) is 0 Å². The molecule has 202 valence electrons. The molecular weight excluding hydrogens is 514 g/mol. The third-order valence-corrected chi connectivity index (χ3v) is 4.92. The SMILES string of the molecule is CC(=O)OC[C@@H]1O[C@H](NC(=S)NNC(=O)c2ccccc2O)[C@@H](OC(C)=O)[C@H](OC(C)=O)[C@H]1OC(C)=O. The van der Waals surface area contributed by atoms with E-state index in [1.165, 1.54) is 18.2 Å². The minimum Gasteiger partial charge on any atom is -0.507 e. The summed E-state index contributed by atoms with van der Waals surface area (Å²) in [5, 5.41) is 12.2. The van der Waals surface area contributed by atoms with Gasteiger partial charge in [-0.2, -0.15) is 0 Å². The first-order valence-corrected chi connectivity index (χ1v) is 11.2. The van der Waals surface area contributed by atoms with Gasteiger partial charge in [0, 0.05) is 27.7 Å². The van der Waals surface area contributed by atoms with Gasteiger partial charge < -0.3 is 34.1 Å². The average Bonchev–Trinajstić information content (AvgIpc) is 2.79. The molecule has 1 heterocycles. The zero-order valence-corrected chi connectivity index (χ0v) is 21.2. The van der Waals surface area contributed by atoms with Gasteiger partial charge in [0.25, 0.3) is 5.91 Å². The largest absolute Gasteiger partial charge is 0.507 e. The summed E-state index contributed by atoms with van der Waals surface area (Å²) in [6, 6.07) is 5.78. The second kappa shape index (κ2) is 13.4. The smallest absolute Gasteiger partial charge is 0.303 e. The third kappa shape index (κ3) is 8.88. The molecule has 0 aliphatic carbocycles. The molecule has 14 nitrogen and oxygen atoms in total. The number of esters is 4. The molecule has 37 heavy (non-hydrogen) atoms. The Labute approximate surface area is 216 Å². The normalized spacial score (nSPS) is 22.5. The molecule has 0 unspecified atom stereocenters. The summed E-state index contributed by atoms with van der Waals surface area (Å²) in [7, 11) is 0. The fourth-order valence-electron chi connectivity index (χ4n) is 3.36. The Bertz CT molecular complexity index is 1050. The van der Waals surface area contributed by atoms with Gasteiger partial charge in [-0.15, -0.1) is 0 Å². The number of para-hydroxylation sites is 1. The van der Waals surface area contributed by atoms with Gasteiger partial charge in [-0.05, 0) is 24.4 Å². The van der Waals surface area contributed by atoms with Crippen LogP contribution in [-0.4, -0.2) is 77.3 Å². The van der Waals surface area contributed by atoms with Gasteiger partial charge in [-0.3, -0.25) is 34.8 Å². The number of hydrazine groups is 1. The molecule has 0 aromatic heterocycles. The minimum atomic E-state index is -1.40. The number of nitrogens with one attached hydrogen (secondary N) is 3. The van der Waals surface area contributed by atoms with Crippen molar-refractivity contribution in [2.24, 2.45) is 0 Å². The van der Waals surface area contributed by atoms with Crippen molar-refractivity contribution in [2.45, 2.75) is 58.3 Å². The Hall–Kier alpha value is -3.98. The van der Waals surface area contributed by atoms with E-state index in [0.29, 0.717) is 0 Å². The number of phenolic OH excluding ortho intramolecular Hbond substituents is 1. The first kappa shape index (κ1) is 29.3. The number of aromatic hydroxyl groups is 1. The topological polar surface area (TPSA) is 188 Å². The molecule has 0 saturated carbocycles. The monoisotopic (exact) mass is 541 g/mol. The predicted octanol–water partition coefficient (Wildman–Crippen LogP) is -0.416. The molecule has 1 aromatic carbocycles. The summed E-state index contributed by atoms with van der Waals surface area (Å²) in [6.45, 7) is 4.02. The molecule has 1 aromatic rings. The van der Waals surface area contributed by atoms with Crippen LogP contribution in [0, 0.1) is 0 Å². The number of benzene rings is 1. The zero-order chi connectivity index (χ0) is 27.7. The number of thiocarbonyl (C=S) groups is 1. The summed E-state index contributed by atoms with van der Waals surface area (Å²) in [6.07, 6.45) is -6.63. The predicted molar refractivity (Wildman–Crippen MR) is 126 cm³/mol. The number of carbonyl (C=O) groups is 5. The van der Waals surface area contributed by atoms with E-state index in [2.05, 4.69) is 16.2 Å². The number of ether oxygens (including phenoxy) is 5. The Morgan fingerprint density at radius 2 is 1.43 bits per heavy atom. The standard InChI is InChI=1S/C22H27N3O11S/c1-10(26)32-9-16-17(33-11(2)27)18(34-12(3)28)19(35-13(4)29)21(36-16)23-22(37)25-24-20(31)14-7-5-6-8-15(14)30/h5-8,16-19,21,30H,9H2,1-4H3,(H,24,31)(H2,23,25,37)/t16-,17-,18+,19-,21-/m0/s1. The van der Waals surface area contributed by atoms with Crippen LogP contribution in [0.3, 0.4) is 0 Å². The highest BCUT2D eigenvalue weighted by atomic mass is 32.1. The minimum absolute atomic E-state index is 0.0369. The Kier molecular flexibility index (Phi) is 10.6. The van der Waals surface area contributed by atoms with Gasteiger partial charge in [0.1, 0.15) is 18.5 Å². The summed E-state index contributed by atoms with van der Waals surface area (Å²) < 4.78 is 26.7. The zero-order valence-electron chi connectivity index (χ0n) is 20.3. The van der Waals surface area contributed by atoms with Crippen molar-refractivity contribution in [1.82, 2.24) is 16.2 Å².